The third-order valence-electron chi connectivity index (χ3n) is 4.89. The largest absolute Gasteiger partial charge is 0.368 e. The monoisotopic (exact) mass is 316 g/mol. The van der Waals surface area contributed by atoms with E-state index in [0.29, 0.717) is 0 Å². The number of nitrogens with two attached hydrogens (primary N) is 2. The van der Waals surface area contributed by atoms with Crippen LogP contribution in [-0.2, 0) is 0 Å². The molecule has 1 aromatic carbocycles. The fraction of sp³-hybridized carbons (Fsp3) is 0.611. The number of likely N-dealkylation sites (tertiary alicyclic amines) is 1. The first-order valence-electron chi connectivity index (χ1n) is 8.79. The summed E-state index contributed by atoms with van der Waals surface area (Å²) in [6, 6.07) is 8.17. The third-order valence-corrected chi connectivity index (χ3v) is 4.89. The molecule has 5 nitrogen and oxygen atoms in total. The zero-order valence-corrected chi connectivity index (χ0v) is 13.8. The first-order chi connectivity index (χ1) is 11.1. The Morgan fingerprint density at radius 1 is 0.913 bits per heavy atom. The summed E-state index contributed by atoms with van der Waals surface area (Å²) in [7, 11) is 0. The van der Waals surface area contributed by atoms with Crippen molar-refractivity contribution in [1.82, 2.24) is 4.90 Å². The number of amides is 1. The quantitative estimate of drug-likeness (QED) is 0.868. The molecule has 5 heteroatoms. The molecule has 23 heavy (non-hydrogen) atoms. The van der Waals surface area contributed by atoms with E-state index in [1.165, 1.54) is 12.8 Å². The molecule has 1 aromatic rings. The lowest BCUT2D eigenvalue weighted by atomic mass is 10.0. The predicted molar refractivity (Wildman–Crippen MR) is 93.6 cm³/mol. The van der Waals surface area contributed by atoms with Gasteiger partial charge in [-0.3, -0.25) is 4.79 Å². The Hall–Kier alpha value is -1.59. The van der Waals surface area contributed by atoms with Gasteiger partial charge in [0.25, 0.3) is 5.91 Å². The molecule has 2 aliphatic rings. The first kappa shape index (κ1) is 16.3. The molecule has 0 radical (unpaired) electrons. The van der Waals surface area contributed by atoms with E-state index in [0.717, 1.165) is 56.7 Å². The predicted octanol–water partition coefficient (Wildman–Crippen LogP) is 1.57. The summed E-state index contributed by atoms with van der Waals surface area (Å²) in [5.74, 6) is 0.158. The molecule has 2 atom stereocenters. The number of benzene rings is 1. The van der Waals surface area contributed by atoms with Crippen LogP contribution >= 0.6 is 0 Å². The van der Waals surface area contributed by atoms with E-state index in [1.807, 2.05) is 29.2 Å². The summed E-state index contributed by atoms with van der Waals surface area (Å²) in [5.41, 5.74) is 14.0. The van der Waals surface area contributed by atoms with Crippen LogP contribution in [0.1, 0.15) is 42.5 Å². The van der Waals surface area contributed by atoms with Crippen LogP contribution in [0.4, 0.5) is 5.69 Å². The molecule has 2 saturated heterocycles. The SMILES string of the molecule is NC1CC(N)CN(c2ccc(C(=O)N3CCCCCC3)cc2)C1. The van der Waals surface area contributed by atoms with E-state index < -0.39 is 0 Å². The molecule has 2 fully saturated rings. The molecule has 2 aliphatic heterocycles. The Morgan fingerprint density at radius 3 is 2.04 bits per heavy atom. The molecule has 0 bridgehead atoms. The minimum absolute atomic E-state index is 0.122. The molecule has 1 amide bonds. The highest BCUT2D eigenvalue weighted by atomic mass is 16.2. The van der Waals surface area contributed by atoms with Gasteiger partial charge < -0.3 is 21.3 Å². The zero-order valence-electron chi connectivity index (χ0n) is 13.8. The summed E-state index contributed by atoms with van der Waals surface area (Å²) in [6.45, 7) is 3.42. The smallest absolute Gasteiger partial charge is 0.253 e. The summed E-state index contributed by atoms with van der Waals surface area (Å²) in [4.78, 5) is 16.8. The first-order valence-corrected chi connectivity index (χ1v) is 8.79. The molecular weight excluding hydrogens is 288 g/mol. The van der Waals surface area contributed by atoms with Gasteiger partial charge in [-0.1, -0.05) is 12.8 Å². The van der Waals surface area contributed by atoms with Crippen LogP contribution in [0.3, 0.4) is 0 Å². The lowest BCUT2D eigenvalue weighted by Gasteiger charge is -2.36. The van der Waals surface area contributed by atoms with Crippen LogP contribution in [0.5, 0.6) is 0 Å². The van der Waals surface area contributed by atoms with Crippen molar-refractivity contribution >= 4 is 11.6 Å². The Labute approximate surface area is 138 Å². The zero-order chi connectivity index (χ0) is 16.2. The van der Waals surface area contributed by atoms with Gasteiger partial charge in [0, 0.05) is 49.5 Å². The van der Waals surface area contributed by atoms with Gasteiger partial charge in [0.1, 0.15) is 0 Å². The fourth-order valence-electron chi connectivity index (χ4n) is 3.66. The second kappa shape index (κ2) is 7.32. The summed E-state index contributed by atoms with van der Waals surface area (Å²) < 4.78 is 0. The molecule has 3 rings (SSSR count). The van der Waals surface area contributed by atoms with Crippen LogP contribution in [0.15, 0.2) is 24.3 Å². The van der Waals surface area contributed by atoms with Gasteiger partial charge in [-0.2, -0.15) is 0 Å². The van der Waals surface area contributed by atoms with E-state index in [1.54, 1.807) is 0 Å². The fourth-order valence-corrected chi connectivity index (χ4v) is 3.66. The standard InChI is InChI=1S/C18H28N4O/c19-15-11-16(20)13-22(12-15)17-7-5-14(6-8-17)18(23)21-9-3-1-2-4-10-21/h5-8,15-16H,1-4,9-13,19-20H2. The van der Waals surface area contributed by atoms with Gasteiger partial charge >= 0.3 is 0 Å². The van der Waals surface area contributed by atoms with Crippen LogP contribution in [0, 0.1) is 0 Å². The Morgan fingerprint density at radius 2 is 1.48 bits per heavy atom. The topological polar surface area (TPSA) is 75.6 Å². The molecule has 0 aromatic heterocycles. The molecule has 2 heterocycles. The van der Waals surface area contributed by atoms with Crippen LogP contribution < -0.4 is 16.4 Å². The summed E-state index contributed by atoms with van der Waals surface area (Å²) in [6.07, 6.45) is 5.58. The highest BCUT2D eigenvalue weighted by Gasteiger charge is 2.23. The number of hydrogen-bond donors (Lipinski definition) is 2. The molecule has 4 N–H and O–H groups in total. The number of nitrogens with zero attached hydrogens (tertiary/aromatic N) is 2. The second-order valence-electron chi connectivity index (χ2n) is 6.91. The Balaban J connectivity index is 1.67. The van der Waals surface area contributed by atoms with Crippen molar-refractivity contribution in [3.8, 4) is 0 Å². The van der Waals surface area contributed by atoms with Crippen LogP contribution in [0.25, 0.3) is 0 Å². The normalized spacial score (nSPS) is 26.0. The van der Waals surface area contributed by atoms with E-state index in [2.05, 4.69) is 4.90 Å². The van der Waals surface area contributed by atoms with E-state index in [4.69, 9.17) is 11.5 Å². The van der Waals surface area contributed by atoms with Gasteiger partial charge in [-0.25, -0.2) is 0 Å². The van der Waals surface area contributed by atoms with Crippen molar-refractivity contribution in [2.24, 2.45) is 11.5 Å². The molecule has 0 saturated carbocycles. The highest BCUT2D eigenvalue weighted by molar-refractivity contribution is 5.94. The second-order valence-corrected chi connectivity index (χ2v) is 6.91. The maximum Gasteiger partial charge on any atom is 0.253 e. The van der Waals surface area contributed by atoms with E-state index in [9.17, 15) is 4.79 Å². The van der Waals surface area contributed by atoms with Crippen molar-refractivity contribution < 1.29 is 4.79 Å². The Kier molecular flexibility index (Phi) is 5.18. The summed E-state index contributed by atoms with van der Waals surface area (Å²) in [5, 5.41) is 0. The molecule has 0 spiro atoms. The van der Waals surface area contributed by atoms with Gasteiger partial charge in [-0.05, 0) is 43.5 Å². The number of anilines is 1. The number of carbonyl (C=O) groups is 1. The molecule has 126 valence electrons. The van der Waals surface area contributed by atoms with Crippen LogP contribution in [-0.4, -0.2) is 49.1 Å². The van der Waals surface area contributed by atoms with Gasteiger partial charge in [0.05, 0.1) is 0 Å². The van der Waals surface area contributed by atoms with Gasteiger partial charge in [0.15, 0.2) is 0 Å². The minimum atomic E-state index is 0.122. The third kappa shape index (κ3) is 4.03. The maximum atomic E-state index is 12.6. The number of carbonyl (C=O) groups excluding carboxylic acids is 1. The minimum Gasteiger partial charge on any atom is -0.368 e. The lowest BCUT2D eigenvalue weighted by molar-refractivity contribution is 0.0761. The highest BCUT2D eigenvalue weighted by Crippen LogP contribution is 2.21. The van der Waals surface area contributed by atoms with Crippen LogP contribution in [0.2, 0.25) is 0 Å². The van der Waals surface area contributed by atoms with Crippen molar-refractivity contribution in [3.63, 3.8) is 0 Å². The van der Waals surface area contributed by atoms with Crippen molar-refractivity contribution in [2.75, 3.05) is 31.1 Å². The van der Waals surface area contributed by atoms with Gasteiger partial charge in [0.2, 0.25) is 0 Å². The van der Waals surface area contributed by atoms with E-state index in [-0.39, 0.29) is 18.0 Å². The number of rotatable bonds is 2. The van der Waals surface area contributed by atoms with Crippen molar-refractivity contribution in [2.45, 2.75) is 44.2 Å². The lowest BCUT2D eigenvalue weighted by Crippen LogP contribution is -2.52. The Bertz CT molecular complexity index is 512. The molecule has 2 unspecified atom stereocenters. The van der Waals surface area contributed by atoms with E-state index >= 15 is 0 Å². The maximum absolute atomic E-state index is 12.6. The number of piperidine rings is 1. The molecular formula is C18H28N4O. The molecule has 0 aliphatic carbocycles. The van der Waals surface area contributed by atoms with Crippen molar-refractivity contribution in [3.05, 3.63) is 29.8 Å². The number of hydrogen-bond acceptors (Lipinski definition) is 4. The van der Waals surface area contributed by atoms with Crippen molar-refractivity contribution in [1.29, 1.82) is 0 Å². The average Bonchev–Trinajstić information content (AvgIpc) is 2.83. The summed E-state index contributed by atoms with van der Waals surface area (Å²) >= 11 is 0. The average molecular weight is 316 g/mol. The van der Waals surface area contributed by atoms with Gasteiger partial charge in [-0.15, -0.1) is 0 Å².